The monoisotopic (exact) mass is 347 g/mol. The molecule has 1 unspecified atom stereocenters. The van der Waals surface area contributed by atoms with E-state index in [4.69, 9.17) is 0 Å². The van der Waals surface area contributed by atoms with Gasteiger partial charge in [0.25, 0.3) is 0 Å². The summed E-state index contributed by atoms with van der Waals surface area (Å²) in [7, 11) is 0. The number of carbonyl (C=O) groups is 2. The molecule has 1 heterocycles. The van der Waals surface area contributed by atoms with Crippen LogP contribution in [0.5, 0.6) is 0 Å². The van der Waals surface area contributed by atoms with Crippen molar-refractivity contribution in [3.63, 3.8) is 0 Å². The van der Waals surface area contributed by atoms with Gasteiger partial charge in [-0.3, -0.25) is 9.69 Å². The first-order valence-electron chi connectivity index (χ1n) is 8.97. The highest BCUT2D eigenvalue weighted by atomic mass is 16.4. The zero-order valence-corrected chi connectivity index (χ0v) is 15.1. The molecule has 6 nitrogen and oxygen atoms in total. The van der Waals surface area contributed by atoms with Crippen molar-refractivity contribution in [3.8, 4) is 0 Å². The van der Waals surface area contributed by atoms with Gasteiger partial charge in [0.2, 0.25) is 0 Å². The van der Waals surface area contributed by atoms with Gasteiger partial charge in [-0.2, -0.15) is 0 Å². The zero-order chi connectivity index (χ0) is 18.2. The topological polar surface area (TPSA) is 72.9 Å². The molecule has 0 aliphatic carbocycles. The number of urea groups is 1. The van der Waals surface area contributed by atoms with Gasteiger partial charge < -0.3 is 15.3 Å². The van der Waals surface area contributed by atoms with Crippen LogP contribution in [0.3, 0.4) is 0 Å². The highest BCUT2D eigenvalue weighted by molar-refractivity contribution is 5.76. The summed E-state index contributed by atoms with van der Waals surface area (Å²) in [5, 5.41) is 12.0. The molecule has 138 valence electrons. The quantitative estimate of drug-likeness (QED) is 0.793. The van der Waals surface area contributed by atoms with E-state index >= 15 is 0 Å². The lowest BCUT2D eigenvalue weighted by Gasteiger charge is -2.35. The smallest absolute Gasteiger partial charge is 0.317 e. The van der Waals surface area contributed by atoms with E-state index in [-0.39, 0.29) is 12.6 Å². The van der Waals surface area contributed by atoms with Crippen LogP contribution in [0, 0.1) is 11.8 Å². The molecule has 0 saturated carbocycles. The summed E-state index contributed by atoms with van der Waals surface area (Å²) in [4.78, 5) is 27.7. The van der Waals surface area contributed by atoms with Crippen LogP contribution in [-0.4, -0.2) is 59.6 Å². The second-order valence-corrected chi connectivity index (χ2v) is 7.10. The number of carboxylic acids is 1. The maximum atomic E-state index is 12.3. The Morgan fingerprint density at radius 2 is 1.76 bits per heavy atom. The van der Waals surface area contributed by atoms with E-state index in [1.54, 1.807) is 4.90 Å². The normalized spacial score (nSPS) is 16.7. The Labute approximate surface area is 149 Å². The summed E-state index contributed by atoms with van der Waals surface area (Å²) in [6, 6.07) is 10.1. The fourth-order valence-corrected chi connectivity index (χ4v) is 3.11. The van der Waals surface area contributed by atoms with E-state index in [0.717, 1.165) is 19.6 Å². The average molecular weight is 347 g/mol. The largest absolute Gasteiger partial charge is 0.481 e. The van der Waals surface area contributed by atoms with Gasteiger partial charge in [0.1, 0.15) is 0 Å². The zero-order valence-electron chi connectivity index (χ0n) is 15.1. The molecule has 25 heavy (non-hydrogen) atoms. The Balaban J connectivity index is 1.74. The maximum Gasteiger partial charge on any atom is 0.317 e. The van der Waals surface area contributed by atoms with Crippen molar-refractivity contribution in [2.75, 3.05) is 32.7 Å². The van der Waals surface area contributed by atoms with Crippen molar-refractivity contribution in [1.82, 2.24) is 15.1 Å². The minimum atomic E-state index is -0.846. The lowest BCUT2D eigenvalue weighted by Crippen LogP contribution is -2.52. The number of nitrogens with one attached hydrogen (secondary N) is 1. The highest BCUT2D eigenvalue weighted by Gasteiger charge is 2.24. The van der Waals surface area contributed by atoms with Gasteiger partial charge in [-0.1, -0.05) is 44.2 Å². The molecule has 1 aliphatic rings. The molecule has 0 aromatic heterocycles. The number of benzene rings is 1. The molecule has 2 N–H and O–H groups in total. The third-order valence-corrected chi connectivity index (χ3v) is 4.51. The van der Waals surface area contributed by atoms with Crippen molar-refractivity contribution < 1.29 is 14.7 Å². The first-order valence-corrected chi connectivity index (χ1v) is 8.97. The fourth-order valence-electron chi connectivity index (χ4n) is 3.11. The van der Waals surface area contributed by atoms with Crippen molar-refractivity contribution in [1.29, 1.82) is 0 Å². The number of aliphatic carboxylic acids is 1. The summed E-state index contributed by atoms with van der Waals surface area (Å²) >= 11 is 0. The number of rotatable bonds is 7. The Bertz CT molecular complexity index is 554. The molecule has 2 rings (SSSR count). The van der Waals surface area contributed by atoms with Crippen LogP contribution < -0.4 is 5.32 Å². The van der Waals surface area contributed by atoms with E-state index in [1.165, 1.54) is 5.56 Å². The number of hydrogen-bond acceptors (Lipinski definition) is 3. The van der Waals surface area contributed by atoms with Gasteiger partial charge in [-0.25, -0.2) is 4.79 Å². The van der Waals surface area contributed by atoms with Crippen molar-refractivity contribution in [3.05, 3.63) is 35.9 Å². The molecule has 6 heteroatoms. The first kappa shape index (κ1) is 19.2. The Morgan fingerprint density at radius 3 is 2.32 bits per heavy atom. The van der Waals surface area contributed by atoms with Crippen LogP contribution in [0.15, 0.2) is 30.3 Å². The van der Waals surface area contributed by atoms with Crippen molar-refractivity contribution >= 4 is 12.0 Å². The predicted molar refractivity (Wildman–Crippen MR) is 97.3 cm³/mol. The maximum absolute atomic E-state index is 12.3. The number of hydrogen-bond donors (Lipinski definition) is 2. The minimum Gasteiger partial charge on any atom is -0.481 e. The van der Waals surface area contributed by atoms with Gasteiger partial charge in [0, 0.05) is 39.3 Å². The number of amides is 2. The number of nitrogens with zero attached hydrogens (tertiary/aromatic N) is 2. The van der Waals surface area contributed by atoms with Gasteiger partial charge in [-0.05, 0) is 17.9 Å². The number of carboxylic acid groups (broad SMARTS) is 1. The molecule has 2 amide bonds. The lowest BCUT2D eigenvalue weighted by molar-refractivity contribution is -0.142. The standard InChI is InChI=1S/C19H29N3O3/c1-15(2)12-17(18(23)24)13-20-19(25)22-10-8-21(9-11-22)14-16-6-4-3-5-7-16/h3-7,15,17H,8-14H2,1-2H3,(H,20,25)(H,23,24). The molecule has 1 aromatic rings. The van der Waals surface area contributed by atoms with E-state index in [0.29, 0.717) is 25.4 Å². The summed E-state index contributed by atoms with van der Waals surface area (Å²) in [6.45, 7) is 8.06. The molecule has 1 saturated heterocycles. The molecule has 0 spiro atoms. The van der Waals surface area contributed by atoms with Crippen LogP contribution in [0.2, 0.25) is 0 Å². The number of piperazine rings is 1. The molecule has 1 fully saturated rings. The molecule has 0 radical (unpaired) electrons. The van der Waals surface area contributed by atoms with Gasteiger partial charge >= 0.3 is 12.0 Å². The third-order valence-electron chi connectivity index (χ3n) is 4.51. The molecular weight excluding hydrogens is 318 g/mol. The Kier molecular flexibility index (Phi) is 7.25. The van der Waals surface area contributed by atoms with Crippen LogP contribution >= 0.6 is 0 Å². The lowest BCUT2D eigenvalue weighted by atomic mass is 9.97. The second kappa shape index (κ2) is 9.42. The van der Waals surface area contributed by atoms with Crippen LogP contribution in [0.4, 0.5) is 4.79 Å². The second-order valence-electron chi connectivity index (χ2n) is 7.10. The SMILES string of the molecule is CC(C)CC(CNC(=O)N1CCN(Cc2ccccc2)CC1)C(=O)O. The van der Waals surface area contributed by atoms with E-state index in [2.05, 4.69) is 22.3 Å². The molecule has 1 aliphatic heterocycles. The average Bonchev–Trinajstić information content (AvgIpc) is 2.59. The van der Waals surface area contributed by atoms with E-state index in [9.17, 15) is 14.7 Å². The van der Waals surface area contributed by atoms with E-state index in [1.807, 2.05) is 32.0 Å². The molecule has 1 atom stereocenters. The van der Waals surface area contributed by atoms with Gasteiger partial charge in [0.05, 0.1) is 5.92 Å². The highest BCUT2D eigenvalue weighted by Crippen LogP contribution is 2.12. The summed E-state index contributed by atoms with van der Waals surface area (Å²) in [6.07, 6.45) is 0.570. The fraction of sp³-hybridized carbons (Fsp3) is 0.579. The Morgan fingerprint density at radius 1 is 1.12 bits per heavy atom. The summed E-state index contributed by atoms with van der Waals surface area (Å²) < 4.78 is 0. The van der Waals surface area contributed by atoms with Gasteiger partial charge in [-0.15, -0.1) is 0 Å². The van der Waals surface area contributed by atoms with Gasteiger partial charge in [0.15, 0.2) is 0 Å². The Hall–Kier alpha value is -2.08. The van der Waals surface area contributed by atoms with E-state index < -0.39 is 11.9 Å². The minimum absolute atomic E-state index is 0.158. The third kappa shape index (κ3) is 6.38. The first-order chi connectivity index (χ1) is 12.0. The summed E-state index contributed by atoms with van der Waals surface area (Å²) in [5.74, 6) is -1.08. The number of carbonyl (C=O) groups excluding carboxylic acids is 1. The van der Waals surface area contributed by atoms with Crippen LogP contribution in [0.25, 0.3) is 0 Å². The predicted octanol–water partition coefficient (Wildman–Crippen LogP) is 2.26. The molecule has 1 aromatic carbocycles. The van der Waals surface area contributed by atoms with Crippen LogP contribution in [-0.2, 0) is 11.3 Å². The molecular formula is C19H29N3O3. The molecule has 0 bridgehead atoms. The van der Waals surface area contributed by atoms with Crippen LogP contribution in [0.1, 0.15) is 25.8 Å². The van der Waals surface area contributed by atoms with Crippen molar-refractivity contribution in [2.24, 2.45) is 11.8 Å². The summed E-state index contributed by atoms with van der Waals surface area (Å²) in [5.41, 5.74) is 1.28. The van der Waals surface area contributed by atoms with Crippen molar-refractivity contribution in [2.45, 2.75) is 26.8 Å².